The van der Waals surface area contributed by atoms with Crippen LogP contribution in [-0.4, -0.2) is 37.2 Å². The lowest BCUT2D eigenvalue weighted by molar-refractivity contribution is -0.167. The molecule has 67 heavy (non-hydrogen) atoms. The van der Waals surface area contributed by atoms with Gasteiger partial charge in [-0.1, -0.05) is 241 Å². The molecule has 6 nitrogen and oxygen atoms in total. The maximum Gasteiger partial charge on any atom is 0.306 e. The van der Waals surface area contributed by atoms with Gasteiger partial charge in [-0.2, -0.15) is 0 Å². The summed E-state index contributed by atoms with van der Waals surface area (Å²) in [7, 11) is 0. The third-order valence-electron chi connectivity index (χ3n) is 11.9. The third kappa shape index (κ3) is 53.4. The molecule has 0 radical (unpaired) electrons. The van der Waals surface area contributed by atoms with Gasteiger partial charge in [0.2, 0.25) is 0 Å². The van der Waals surface area contributed by atoms with E-state index in [0.29, 0.717) is 19.3 Å². The first-order chi connectivity index (χ1) is 33.0. The van der Waals surface area contributed by atoms with Crippen LogP contribution in [0.15, 0.2) is 85.1 Å². The highest BCUT2D eigenvalue weighted by Gasteiger charge is 2.19. The Morgan fingerprint density at radius 2 is 0.597 bits per heavy atom. The van der Waals surface area contributed by atoms with Crippen molar-refractivity contribution in [2.75, 3.05) is 13.2 Å². The van der Waals surface area contributed by atoms with Crippen LogP contribution in [0, 0.1) is 0 Å². The van der Waals surface area contributed by atoms with Crippen molar-refractivity contribution in [3.05, 3.63) is 85.1 Å². The lowest BCUT2D eigenvalue weighted by Crippen LogP contribution is -2.30. The summed E-state index contributed by atoms with van der Waals surface area (Å²) in [6.45, 7) is 6.45. The van der Waals surface area contributed by atoms with Gasteiger partial charge in [0.1, 0.15) is 13.2 Å². The van der Waals surface area contributed by atoms with Gasteiger partial charge in [-0.3, -0.25) is 14.4 Å². The standard InChI is InChI=1S/C61H104O6/c1-4-7-10-13-16-19-22-25-28-30-33-35-38-41-44-47-50-53-59(62)65-56-58(67-61(64)55-52-49-46-43-40-37-32-27-24-21-18-15-12-9-6-3)57-66-60(63)54-51-48-45-42-39-36-34-31-29-26-23-20-17-14-11-8-5-2/h9,12,16,18-19,21,25,27-28,32-33,35,41,44,58H,4-8,10-11,13-15,17,20,22-24,26,29-31,34,36-40,42-43,45-57H2,1-3H3/b12-9-,19-16-,21-18-,28-25-,32-27-,35-33-,44-41-/t58-/m1/s1. The summed E-state index contributed by atoms with van der Waals surface area (Å²) in [4.78, 5) is 38.1. The van der Waals surface area contributed by atoms with Gasteiger partial charge in [-0.25, -0.2) is 0 Å². The van der Waals surface area contributed by atoms with Gasteiger partial charge in [0.05, 0.1) is 0 Å². The molecule has 0 aliphatic carbocycles. The fourth-order valence-corrected chi connectivity index (χ4v) is 7.68. The highest BCUT2D eigenvalue weighted by Crippen LogP contribution is 2.15. The molecule has 384 valence electrons. The number of carbonyl (C=O) groups excluding carboxylic acids is 3. The van der Waals surface area contributed by atoms with Gasteiger partial charge in [-0.05, 0) is 89.9 Å². The minimum absolute atomic E-state index is 0.0990. The molecule has 0 saturated heterocycles. The number of hydrogen-bond donors (Lipinski definition) is 0. The maximum atomic E-state index is 12.8. The largest absolute Gasteiger partial charge is 0.462 e. The highest BCUT2D eigenvalue weighted by atomic mass is 16.6. The topological polar surface area (TPSA) is 78.9 Å². The molecule has 0 unspecified atom stereocenters. The molecule has 0 aliphatic heterocycles. The van der Waals surface area contributed by atoms with Crippen LogP contribution in [0.2, 0.25) is 0 Å². The first kappa shape index (κ1) is 63.6. The molecular weight excluding hydrogens is 829 g/mol. The number of unbranched alkanes of at least 4 members (excludes halogenated alkanes) is 25. The fraction of sp³-hybridized carbons (Fsp3) is 0.721. The number of ether oxygens (including phenoxy) is 3. The first-order valence-electron chi connectivity index (χ1n) is 28.1. The van der Waals surface area contributed by atoms with Crippen molar-refractivity contribution in [2.45, 2.75) is 271 Å². The summed E-state index contributed by atoms with van der Waals surface area (Å²) in [5, 5.41) is 0. The molecule has 0 rings (SSSR count). The van der Waals surface area contributed by atoms with E-state index in [1.165, 1.54) is 116 Å². The van der Waals surface area contributed by atoms with Gasteiger partial charge < -0.3 is 14.2 Å². The Kier molecular flexibility index (Phi) is 52.4. The monoisotopic (exact) mass is 933 g/mol. The predicted molar refractivity (Wildman–Crippen MR) is 288 cm³/mol. The number of allylic oxidation sites excluding steroid dienone is 14. The summed E-state index contributed by atoms with van der Waals surface area (Å²) < 4.78 is 16.8. The lowest BCUT2D eigenvalue weighted by atomic mass is 10.0. The normalized spacial score (nSPS) is 12.7. The quantitative estimate of drug-likeness (QED) is 0.0262. The third-order valence-corrected chi connectivity index (χ3v) is 11.9. The van der Waals surface area contributed by atoms with Crippen molar-refractivity contribution in [3.63, 3.8) is 0 Å². The van der Waals surface area contributed by atoms with E-state index in [9.17, 15) is 14.4 Å². The van der Waals surface area contributed by atoms with Crippen LogP contribution in [0.5, 0.6) is 0 Å². The van der Waals surface area contributed by atoms with E-state index in [2.05, 4.69) is 106 Å². The number of hydrogen-bond acceptors (Lipinski definition) is 6. The molecule has 6 heteroatoms. The van der Waals surface area contributed by atoms with Crippen molar-refractivity contribution in [1.29, 1.82) is 0 Å². The second-order valence-corrected chi connectivity index (χ2v) is 18.5. The van der Waals surface area contributed by atoms with E-state index in [4.69, 9.17) is 14.2 Å². The lowest BCUT2D eigenvalue weighted by Gasteiger charge is -2.18. The van der Waals surface area contributed by atoms with Crippen LogP contribution in [0.1, 0.15) is 265 Å². The molecule has 0 spiro atoms. The zero-order valence-corrected chi connectivity index (χ0v) is 43.9. The van der Waals surface area contributed by atoms with Crippen molar-refractivity contribution < 1.29 is 28.6 Å². The van der Waals surface area contributed by atoms with E-state index in [-0.39, 0.29) is 37.5 Å². The molecule has 0 fully saturated rings. The zero-order valence-electron chi connectivity index (χ0n) is 43.9. The van der Waals surface area contributed by atoms with Crippen LogP contribution in [-0.2, 0) is 28.6 Å². The smallest absolute Gasteiger partial charge is 0.306 e. The second kappa shape index (κ2) is 55.2. The van der Waals surface area contributed by atoms with Gasteiger partial charge in [0.15, 0.2) is 6.10 Å². The summed E-state index contributed by atoms with van der Waals surface area (Å²) in [6.07, 6.45) is 71.5. The molecule has 0 saturated carbocycles. The van der Waals surface area contributed by atoms with Crippen molar-refractivity contribution in [1.82, 2.24) is 0 Å². The number of rotatable bonds is 50. The molecule has 0 N–H and O–H groups in total. The van der Waals surface area contributed by atoms with E-state index < -0.39 is 6.10 Å². The van der Waals surface area contributed by atoms with Gasteiger partial charge in [0, 0.05) is 19.3 Å². The molecule has 0 aromatic heterocycles. The Hall–Kier alpha value is -3.41. The average molecular weight is 933 g/mol. The SMILES string of the molecule is CC/C=C\C/C=C\C/C=C\CCCCCCCC(=O)O[C@H](COC(=O)CCC/C=C\C/C=C\C/C=C\C/C=C\CCCCC)COC(=O)CCCCCCCCCCCCCCCCCCC. The summed E-state index contributed by atoms with van der Waals surface area (Å²) >= 11 is 0. The number of carbonyl (C=O) groups is 3. The predicted octanol–water partition coefficient (Wildman–Crippen LogP) is 18.8. The van der Waals surface area contributed by atoms with Crippen molar-refractivity contribution in [3.8, 4) is 0 Å². The molecule has 0 heterocycles. The van der Waals surface area contributed by atoms with Crippen LogP contribution < -0.4 is 0 Å². The van der Waals surface area contributed by atoms with E-state index >= 15 is 0 Å². The molecule has 0 aromatic rings. The van der Waals surface area contributed by atoms with Crippen LogP contribution >= 0.6 is 0 Å². The summed E-state index contributed by atoms with van der Waals surface area (Å²) in [6, 6.07) is 0. The zero-order chi connectivity index (χ0) is 48.6. The van der Waals surface area contributed by atoms with Crippen molar-refractivity contribution in [2.24, 2.45) is 0 Å². The Bertz CT molecular complexity index is 1300. The van der Waals surface area contributed by atoms with Gasteiger partial charge in [0.25, 0.3) is 0 Å². The first-order valence-corrected chi connectivity index (χ1v) is 28.1. The Balaban J connectivity index is 4.47. The van der Waals surface area contributed by atoms with Crippen LogP contribution in [0.25, 0.3) is 0 Å². The minimum atomic E-state index is -0.807. The molecule has 0 aromatic carbocycles. The highest BCUT2D eigenvalue weighted by molar-refractivity contribution is 5.71. The Morgan fingerprint density at radius 1 is 0.313 bits per heavy atom. The molecule has 0 bridgehead atoms. The molecule has 0 aliphatic rings. The minimum Gasteiger partial charge on any atom is -0.462 e. The van der Waals surface area contributed by atoms with Gasteiger partial charge >= 0.3 is 17.9 Å². The van der Waals surface area contributed by atoms with E-state index in [1.54, 1.807) is 0 Å². The molecule has 1 atom stereocenters. The second-order valence-electron chi connectivity index (χ2n) is 18.5. The Morgan fingerprint density at radius 3 is 1.00 bits per heavy atom. The van der Waals surface area contributed by atoms with E-state index in [1.807, 2.05) is 0 Å². The van der Waals surface area contributed by atoms with E-state index in [0.717, 1.165) is 103 Å². The van der Waals surface area contributed by atoms with Crippen LogP contribution in [0.4, 0.5) is 0 Å². The molecular formula is C61H104O6. The van der Waals surface area contributed by atoms with Crippen molar-refractivity contribution >= 4 is 17.9 Å². The fourth-order valence-electron chi connectivity index (χ4n) is 7.68. The maximum absolute atomic E-state index is 12.8. The average Bonchev–Trinajstić information content (AvgIpc) is 3.33. The molecule has 0 amide bonds. The van der Waals surface area contributed by atoms with Crippen LogP contribution in [0.3, 0.4) is 0 Å². The number of esters is 3. The summed E-state index contributed by atoms with van der Waals surface area (Å²) in [5.41, 5.74) is 0. The summed E-state index contributed by atoms with van der Waals surface area (Å²) in [5.74, 6) is -0.969. The Labute approximate surface area is 414 Å². The van der Waals surface area contributed by atoms with Gasteiger partial charge in [-0.15, -0.1) is 0 Å².